The fraction of sp³-hybridized carbons (Fsp3) is 0.292. The lowest BCUT2D eigenvalue weighted by Gasteiger charge is -2.17. The SMILES string of the molecule is COc1cc(C(C#N)NC(=O)c2nn(-c3ccccc3F)c3c2CCC3)cc(OC)c1OC. The van der Waals surface area contributed by atoms with Gasteiger partial charge in [-0.15, -0.1) is 0 Å². The lowest BCUT2D eigenvalue weighted by atomic mass is 10.1. The fourth-order valence-electron chi connectivity index (χ4n) is 4.10. The van der Waals surface area contributed by atoms with Gasteiger partial charge in [0.2, 0.25) is 5.75 Å². The molecule has 0 saturated heterocycles. The van der Waals surface area contributed by atoms with E-state index in [-0.39, 0.29) is 11.4 Å². The van der Waals surface area contributed by atoms with Crippen LogP contribution in [0.2, 0.25) is 0 Å². The van der Waals surface area contributed by atoms with Gasteiger partial charge in [0.1, 0.15) is 17.5 Å². The Morgan fingerprint density at radius 2 is 1.85 bits per heavy atom. The molecule has 1 N–H and O–H groups in total. The second-order valence-electron chi connectivity index (χ2n) is 7.48. The average molecular weight is 450 g/mol. The molecule has 0 aliphatic heterocycles. The standard InChI is InChI=1S/C24H23FN4O4/c1-31-20-11-14(12-21(32-2)23(20)33-3)17(13-26)27-24(30)22-15-7-6-10-18(15)29(28-22)19-9-5-4-8-16(19)25/h4-5,8-9,11-12,17H,6-7,10H2,1-3H3,(H,27,30). The Morgan fingerprint density at radius 3 is 2.45 bits per heavy atom. The van der Waals surface area contributed by atoms with Crippen molar-refractivity contribution in [2.75, 3.05) is 21.3 Å². The van der Waals surface area contributed by atoms with E-state index in [1.54, 1.807) is 30.3 Å². The van der Waals surface area contributed by atoms with Crippen molar-refractivity contribution in [3.05, 3.63) is 64.7 Å². The molecule has 2 aromatic carbocycles. The van der Waals surface area contributed by atoms with E-state index >= 15 is 0 Å². The Labute approximate surface area is 190 Å². The van der Waals surface area contributed by atoms with Crippen molar-refractivity contribution in [3.8, 4) is 29.0 Å². The van der Waals surface area contributed by atoms with Crippen LogP contribution in [0.15, 0.2) is 36.4 Å². The predicted octanol–water partition coefficient (Wildman–Crippen LogP) is 3.52. The first-order valence-corrected chi connectivity index (χ1v) is 10.4. The van der Waals surface area contributed by atoms with Crippen molar-refractivity contribution in [1.82, 2.24) is 15.1 Å². The number of nitrogens with one attached hydrogen (secondary N) is 1. The number of carbonyl (C=O) groups excluding carboxylic acids is 1. The van der Waals surface area contributed by atoms with Crippen LogP contribution in [-0.4, -0.2) is 37.0 Å². The number of aromatic nitrogens is 2. The summed E-state index contributed by atoms with van der Waals surface area (Å²) in [5, 5.41) is 16.9. The van der Waals surface area contributed by atoms with E-state index < -0.39 is 17.8 Å². The molecular formula is C24H23FN4O4. The minimum Gasteiger partial charge on any atom is -0.493 e. The number of benzene rings is 2. The molecule has 0 spiro atoms. The second kappa shape index (κ2) is 9.20. The molecule has 1 amide bonds. The van der Waals surface area contributed by atoms with Crippen LogP contribution in [0.1, 0.15) is 39.8 Å². The van der Waals surface area contributed by atoms with Crippen LogP contribution in [0.5, 0.6) is 17.2 Å². The molecule has 0 radical (unpaired) electrons. The summed E-state index contributed by atoms with van der Waals surface area (Å²) in [7, 11) is 4.43. The van der Waals surface area contributed by atoms with Crippen molar-refractivity contribution < 1.29 is 23.4 Å². The number of methoxy groups -OCH3 is 3. The van der Waals surface area contributed by atoms with Crippen LogP contribution in [0.4, 0.5) is 4.39 Å². The molecule has 170 valence electrons. The molecule has 1 aliphatic carbocycles. The molecule has 0 bridgehead atoms. The quantitative estimate of drug-likeness (QED) is 0.592. The number of hydrogen-bond donors (Lipinski definition) is 1. The molecule has 1 aliphatic rings. The van der Waals surface area contributed by atoms with Crippen LogP contribution in [0.3, 0.4) is 0 Å². The number of nitrogens with zero attached hydrogens (tertiary/aromatic N) is 3. The van der Waals surface area contributed by atoms with Crippen molar-refractivity contribution in [2.45, 2.75) is 25.3 Å². The zero-order valence-corrected chi connectivity index (χ0v) is 18.5. The minimum atomic E-state index is -0.998. The van der Waals surface area contributed by atoms with Gasteiger partial charge in [0.15, 0.2) is 17.2 Å². The number of nitriles is 1. The summed E-state index contributed by atoms with van der Waals surface area (Å²) in [6, 6.07) is 10.6. The highest BCUT2D eigenvalue weighted by Crippen LogP contribution is 2.39. The molecule has 9 heteroatoms. The largest absolute Gasteiger partial charge is 0.493 e. The zero-order chi connectivity index (χ0) is 23.5. The molecule has 1 aromatic heterocycles. The summed E-state index contributed by atoms with van der Waals surface area (Å²) >= 11 is 0. The summed E-state index contributed by atoms with van der Waals surface area (Å²) < 4.78 is 31.9. The zero-order valence-electron chi connectivity index (χ0n) is 18.5. The van der Waals surface area contributed by atoms with Crippen molar-refractivity contribution in [3.63, 3.8) is 0 Å². The van der Waals surface area contributed by atoms with Gasteiger partial charge < -0.3 is 19.5 Å². The Bertz CT molecular complexity index is 1220. The van der Waals surface area contributed by atoms with Gasteiger partial charge >= 0.3 is 0 Å². The predicted molar refractivity (Wildman–Crippen MR) is 117 cm³/mol. The first kappa shape index (κ1) is 22.1. The van der Waals surface area contributed by atoms with Crippen LogP contribution >= 0.6 is 0 Å². The highest BCUT2D eigenvalue weighted by atomic mass is 19.1. The molecule has 33 heavy (non-hydrogen) atoms. The fourth-order valence-corrected chi connectivity index (χ4v) is 4.10. The topological polar surface area (TPSA) is 98.4 Å². The maximum absolute atomic E-state index is 14.4. The number of hydrogen-bond acceptors (Lipinski definition) is 6. The average Bonchev–Trinajstić information content (AvgIpc) is 3.45. The molecule has 0 saturated carbocycles. The smallest absolute Gasteiger partial charge is 0.273 e. The Hall–Kier alpha value is -4.06. The third-order valence-corrected chi connectivity index (χ3v) is 5.65. The highest BCUT2D eigenvalue weighted by molar-refractivity contribution is 5.94. The minimum absolute atomic E-state index is 0.193. The number of ether oxygens (including phenoxy) is 3. The molecule has 0 fully saturated rings. The van der Waals surface area contributed by atoms with E-state index in [1.165, 1.54) is 32.1 Å². The number of rotatable bonds is 7. The first-order chi connectivity index (χ1) is 16.0. The Kier molecular flexibility index (Phi) is 6.18. The van der Waals surface area contributed by atoms with E-state index in [9.17, 15) is 14.4 Å². The van der Waals surface area contributed by atoms with Gasteiger partial charge in [0, 0.05) is 11.3 Å². The number of amides is 1. The Balaban J connectivity index is 1.68. The van der Waals surface area contributed by atoms with E-state index in [2.05, 4.69) is 16.5 Å². The van der Waals surface area contributed by atoms with Gasteiger partial charge in [-0.05, 0) is 49.1 Å². The van der Waals surface area contributed by atoms with Gasteiger partial charge in [-0.1, -0.05) is 12.1 Å². The normalized spacial score (nSPS) is 13.1. The van der Waals surface area contributed by atoms with E-state index in [0.717, 1.165) is 17.7 Å². The first-order valence-electron chi connectivity index (χ1n) is 10.4. The maximum atomic E-state index is 14.4. The van der Waals surface area contributed by atoms with Gasteiger partial charge in [-0.3, -0.25) is 4.79 Å². The molecule has 3 aromatic rings. The number of para-hydroxylation sites is 1. The highest BCUT2D eigenvalue weighted by Gasteiger charge is 2.29. The number of fused-ring (bicyclic) bond motifs is 1. The van der Waals surface area contributed by atoms with Crippen LogP contribution < -0.4 is 19.5 Å². The third kappa shape index (κ3) is 3.96. The molecule has 4 rings (SSSR count). The van der Waals surface area contributed by atoms with E-state index in [1.807, 2.05) is 0 Å². The van der Waals surface area contributed by atoms with Gasteiger partial charge in [-0.2, -0.15) is 10.4 Å². The summed E-state index contributed by atoms with van der Waals surface area (Å²) in [4.78, 5) is 13.2. The van der Waals surface area contributed by atoms with Crippen LogP contribution in [-0.2, 0) is 12.8 Å². The monoisotopic (exact) mass is 450 g/mol. The summed E-state index contributed by atoms with van der Waals surface area (Å²) in [6.45, 7) is 0. The van der Waals surface area contributed by atoms with Gasteiger partial charge in [-0.25, -0.2) is 9.07 Å². The maximum Gasteiger partial charge on any atom is 0.273 e. The van der Waals surface area contributed by atoms with E-state index in [4.69, 9.17) is 14.2 Å². The molecular weight excluding hydrogens is 427 g/mol. The molecule has 1 unspecified atom stereocenters. The number of carbonyl (C=O) groups is 1. The summed E-state index contributed by atoms with van der Waals surface area (Å²) in [5.74, 6) is 0.183. The molecule has 1 heterocycles. The van der Waals surface area contributed by atoms with Crippen molar-refractivity contribution in [1.29, 1.82) is 5.26 Å². The second-order valence-corrected chi connectivity index (χ2v) is 7.48. The molecule has 1 atom stereocenters. The van der Waals surface area contributed by atoms with Crippen LogP contribution in [0, 0.1) is 17.1 Å². The Morgan fingerprint density at radius 1 is 1.15 bits per heavy atom. The van der Waals surface area contributed by atoms with Gasteiger partial charge in [0.25, 0.3) is 5.91 Å². The van der Waals surface area contributed by atoms with E-state index in [0.29, 0.717) is 35.7 Å². The summed E-state index contributed by atoms with van der Waals surface area (Å²) in [5.41, 5.74) is 2.53. The number of halogens is 1. The summed E-state index contributed by atoms with van der Waals surface area (Å²) in [6.07, 6.45) is 2.20. The lowest BCUT2D eigenvalue weighted by Crippen LogP contribution is -2.29. The van der Waals surface area contributed by atoms with Crippen molar-refractivity contribution in [2.24, 2.45) is 0 Å². The molecule has 8 nitrogen and oxygen atoms in total. The van der Waals surface area contributed by atoms with Crippen molar-refractivity contribution >= 4 is 5.91 Å². The van der Waals surface area contributed by atoms with Crippen LogP contribution in [0.25, 0.3) is 5.69 Å². The lowest BCUT2D eigenvalue weighted by molar-refractivity contribution is 0.0938. The third-order valence-electron chi connectivity index (χ3n) is 5.65. The van der Waals surface area contributed by atoms with Gasteiger partial charge in [0.05, 0.1) is 27.4 Å².